The molecule has 0 saturated heterocycles. The number of benzene rings is 3. The lowest BCUT2D eigenvalue weighted by molar-refractivity contribution is -0.470. The number of rotatable bonds is 4. The summed E-state index contributed by atoms with van der Waals surface area (Å²) in [6.45, 7) is 0. The van der Waals surface area contributed by atoms with Crippen molar-refractivity contribution in [2.45, 2.75) is 12.0 Å². The van der Waals surface area contributed by atoms with Crippen molar-refractivity contribution >= 4 is 28.8 Å². The molecule has 2 aliphatic rings. The summed E-state index contributed by atoms with van der Waals surface area (Å²) in [5.41, 5.74) is 5.96. The predicted octanol–water partition coefficient (Wildman–Crippen LogP) is 3.11. The van der Waals surface area contributed by atoms with Crippen LogP contribution in [0.4, 0.5) is 11.4 Å². The van der Waals surface area contributed by atoms with Crippen LogP contribution in [0.1, 0.15) is 22.3 Å². The molecule has 1 unspecified atom stereocenters. The summed E-state index contributed by atoms with van der Waals surface area (Å²) < 4.78 is 12.1. The average molecular weight is 479 g/mol. The van der Waals surface area contributed by atoms with Crippen LogP contribution in [0, 0.1) is 11.3 Å². The molecule has 0 saturated carbocycles. The quantitative estimate of drug-likeness (QED) is 0.575. The van der Waals surface area contributed by atoms with Gasteiger partial charge < -0.3 is 20.3 Å². The van der Waals surface area contributed by atoms with Crippen LogP contribution in [0.3, 0.4) is 0 Å². The molecule has 0 aromatic heterocycles. The number of nitrogens with zero attached hydrogens (tertiary/aromatic N) is 3. The van der Waals surface area contributed by atoms with Gasteiger partial charge in [-0.25, -0.2) is 0 Å². The molecule has 2 N–H and O–H groups in total. The zero-order chi connectivity index (χ0) is 25.4. The Morgan fingerprint density at radius 2 is 1.61 bits per heavy atom. The monoisotopic (exact) mass is 478 g/mol. The number of fused-ring (bicyclic) bond motifs is 3. The zero-order valence-corrected chi connectivity index (χ0v) is 19.7. The molecule has 3 aromatic carbocycles. The van der Waals surface area contributed by atoms with Gasteiger partial charge in [0.15, 0.2) is 5.78 Å². The van der Waals surface area contributed by atoms with Crippen LogP contribution in [0.15, 0.2) is 88.9 Å². The van der Waals surface area contributed by atoms with Crippen molar-refractivity contribution in [2.24, 2.45) is 10.7 Å². The highest BCUT2D eigenvalue weighted by Gasteiger charge is 2.47. The molecule has 0 fully saturated rings. The average Bonchev–Trinajstić information content (AvgIpc) is 3.06. The van der Waals surface area contributed by atoms with Crippen molar-refractivity contribution in [3.05, 3.63) is 95.1 Å². The van der Waals surface area contributed by atoms with Crippen molar-refractivity contribution in [3.8, 4) is 17.6 Å². The second kappa shape index (κ2) is 8.80. The van der Waals surface area contributed by atoms with Gasteiger partial charge >= 0.3 is 0 Å². The molecule has 5 rings (SSSR count). The molecule has 8 nitrogen and oxygen atoms in total. The molecule has 178 valence electrons. The lowest BCUT2D eigenvalue weighted by atomic mass is 9.86. The summed E-state index contributed by atoms with van der Waals surface area (Å²) >= 11 is 0. The summed E-state index contributed by atoms with van der Waals surface area (Å²) in [4.78, 5) is 18.2. The first-order valence-electron chi connectivity index (χ1n) is 11.2. The first kappa shape index (κ1) is 23.0. The molecular formula is C28H22N4O4. The number of carbonyl (C=O) groups is 1. The van der Waals surface area contributed by atoms with Gasteiger partial charge in [0.25, 0.3) is 0 Å². The molecule has 36 heavy (non-hydrogen) atoms. The molecule has 0 amide bonds. The Bertz CT molecular complexity index is 1510. The minimum absolute atomic E-state index is 0.0381. The number of hydrogen-bond donors (Lipinski definition) is 1. The van der Waals surface area contributed by atoms with Gasteiger partial charge in [0.1, 0.15) is 34.5 Å². The number of methoxy groups -OCH3 is 2. The Morgan fingerprint density at radius 1 is 1.00 bits per heavy atom. The van der Waals surface area contributed by atoms with Gasteiger partial charge in [-0.05, 0) is 59.7 Å². The number of nitriles is 1. The van der Waals surface area contributed by atoms with Gasteiger partial charge in [-0.3, -0.25) is 4.79 Å². The number of ketones is 1. The smallest absolute Gasteiger partial charge is 0.243 e. The fourth-order valence-corrected chi connectivity index (χ4v) is 4.69. The lowest BCUT2D eigenvalue weighted by Crippen LogP contribution is -2.43. The Morgan fingerprint density at radius 3 is 2.22 bits per heavy atom. The summed E-state index contributed by atoms with van der Waals surface area (Å²) in [5, 5.41) is 24.7. The zero-order valence-electron chi connectivity index (χ0n) is 19.7. The molecule has 0 bridgehead atoms. The number of carbonyl (C=O) groups excluding carboxylic acids is 1. The standard InChI is InChI=1S/C28H21N4O4/c1-35-19-11-7-17(8-12-19)31-24-15-28(34)23-6-4-3-5-21(23)26(33)25(28)22(16-29)27(30)32(24)18-9-13-20(36-2)14-10-18/h3-14,30H,15H2,1-2H3/q-1/p+1. The van der Waals surface area contributed by atoms with E-state index in [1.165, 1.54) is 0 Å². The molecule has 1 aliphatic carbocycles. The maximum absolute atomic E-state index is 14.6. The van der Waals surface area contributed by atoms with E-state index in [0.29, 0.717) is 34.3 Å². The third kappa shape index (κ3) is 3.54. The SMILES string of the molecule is COc1ccc(N=C2CC3([O-])C(=C(C#N)C(N)=[N+]2c2ccc(OC)cc2)C(=O)c2ccccc23)cc1. The van der Waals surface area contributed by atoms with E-state index in [2.05, 4.69) is 0 Å². The van der Waals surface area contributed by atoms with E-state index in [-0.39, 0.29) is 29.0 Å². The molecule has 1 atom stereocenters. The fourth-order valence-electron chi connectivity index (χ4n) is 4.69. The molecule has 0 spiro atoms. The highest BCUT2D eigenvalue weighted by atomic mass is 16.5. The van der Waals surface area contributed by atoms with E-state index in [4.69, 9.17) is 20.2 Å². The van der Waals surface area contributed by atoms with E-state index in [9.17, 15) is 15.2 Å². The predicted molar refractivity (Wildman–Crippen MR) is 132 cm³/mol. The fraction of sp³-hybridized carbons (Fsp3) is 0.143. The molecule has 8 heteroatoms. The van der Waals surface area contributed by atoms with Crippen LogP contribution in [0.25, 0.3) is 0 Å². The first-order valence-corrected chi connectivity index (χ1v) is 11.2. The van der Waals surface area contributed by atoms with Crippen LogP contribution in [0.5, 0.6) is 11.5 Å². The van der Waals surface area contributed by atoms with Crippen molar-refractivity contribution in [3.63, 3.8) is 0 Å². The largest absolute Gasteiger partial charge is 0.842 e. The van der Waals surface area contributed by atoms with E-state index in [1.54, 1.807) is 91.6 Å². The Kier molecular flexibility index (Phi) is 5.63. The molecule has 1 aliphatic heterocycles. The van der Waals surface area contributed by atoms with Crippen LogP contribution < -0.4 is 20.3 Å². The molecular weight excluding hydrogens is 456 g/mol. The number of amidine groups is 2. The second-order valence-corrected chi connectivity index (χ2v) is 8.39. The highest BCUT2D eigenvalue weighted by Crippen LogP contribution is 2.45. The topological polar surface area (TPSA) is 124 Å². The summed E-state index contributed by atoms with van der Waals surface area (Å²) in [6.07, 6.45) is -0.199. The number of hydrogen-bond acceptors (Lipinski definition) is 7. The number of aliphatic imine (C=N–C) groups is 1. The Balaban J connectivity index is 1.80. The molecule has 0 radical (unpaired) electrons. The van der Waals surface area contributed by atoms with Crippen LogP contribution >= 0.6 is 0 Å². The van der Waals surface area contributed by atoms with Crippen molar-refractivity contribution in [1.82, 2.24) is 0 Å². The van der Waals surface area contributed by atoms with Gasteiger partial charge in [-0.1, -0.05) is 24.3 Å². The van der Waals surface area contributed by atoms with Gasteiger partial charge in [0.2, 0.25) is 11.7 Å². The van der Waals surface area contributed by atoms with Crippen LogP contribution in [-0.4, -0.2) is 36.2 Å². The summed E-state index contributed by atoms with van der Waals surface area (Å²) in [6, 6.07) is 22.7. The first-order chi connectivity index (χ1) is 17.4. The van der Waals surface area contributed by atoms with E-state index in [1.807, 2.05) is 6.07 Å². The maximum Gasteiger partial charge on any atom is 0.243 e. The van der Waals surface area contributed by atoms with Crippen molar-refractivity contribution in [2.75, 3.05) is 14.2 Å². The van der Waals surface area contributed by atoms with Gasteiger partial charge in [0.05, 0.1) is 14.2 Å². The Hall–Kier alpha value is -4.74. The number of ether oxygens (including phenoxy) is 2. The second-order valence-electron chi connectivity index (χ2n) is 8.39. The van der Waals surface area contributed by atoms with Gasteiger partial charge in [0, 0.05) is 17.6 Å². The summed E-state index contributed by atoms with van der Waals surface area (Å²) in [7, 11) is 3.13. The van der Waals surface area contributed by atoms with E-state index >= 15 is 0 Å². The van der Waals surface area contributed by atoms with Crippen molar-refractivity contribution < 1.29 is 24.0 Å². The third-order valence-corrected chi connectivity index (χ3v) is 6.42. The van der Waals surface area contributed by atoms with E-state index in [0.717, 1.165) is 0 Å². The van der Waals surface area contributed by atoms with Gasteiger partial charge in [-0.15, -0.1) is 4.99 Å². The third-order valence-electron chi connectivity index (χ3n) is 6.42. The van der Waals surface area contributed by atoms with Crippen molar-refractivity contribution in [1.29, 1.82) is 5.26 Å². The highest BCUT2D eigenvalue weighted by molar-refractivity contribution is 6.21. The van der Waals surface area contributed by atoms with Crippen LogP contribution in [0.2, 0.25) is 0 Å². The Labute approximate surface area is 207 Å². The summed E-state index contributed by atoms with van der Waals surface area (Å²) in [5.74, 6) is 1.06. The normalized spacial score (nSPS) is 20.1. The number of nitrogens with two attached hydrogens (primary N) is 1. The molecule has 1 heterocycles. The van der Waals surface area contributed by atoms with E-state index < -0.39 is 11.4 Å². The van der Waals surface area contributed by atoms with Crippen LogP contribution in [-0.2, 0) is 5.60 Å². The maximum atomic E-state index is 14.6. The number of Topliss-reactive ketones (excluding diaryl/α,β-unsaturated/α-hetero) is 1. The minimum Gasteiger partial charge on any atom is -0.842 e. The lowest BCUT2D eigenvalue weighted by Gasteiger charge is -2.36. The minimum atomic E-state index is -2.03. The van der Waals surface area contributed by atoms with Gasteiger partial charge in [-0.2, -0.15) is 9.84 Å². The molecule has 3 aromatic rings.